The molecule has 4 aromatic rings. The van der Waals surface area contributed by atoms with Gasteiger partial charge in [-0.25, -0.2) is 10.4 Å². The molecule has 1 heterocycles. The van der Waals surface area contributed by atoms with Crippen LogP contribution in [0, 0.1) is 0 Å². The molecule has 2 N–H and O–H groups in total. The van der Waals surface area contributed by atoms with Crippen molar-refractivity contribution in [1.29, 1.82) is 0 Å². The Morgan fingerprint density at radius 1 is 1.07 bits per heavy atom. The van der Waals surface area contributed by atoms with Crippen LogP contribution in [0.5, 0.6) is 5.75 Å². The molecule has 0 aliphatic heterocycles. The van der Waals surface area contributed by atoms with Gasteiger partial charge in [0.25, 0.3) is 5.56 Å². The first-order valence-corrected chi connectivity index (χ1v) is 9.35. The van der Waals surface area contributed by atoms with Crippen molar-refractivity contribution >= 4 is 22.9 Å². The molecule has 6 nitrogen and oxygen atoms in total. The van der Waals surface area contributed by atoms with Gasteiger partial charge < -0.3 is 4.74 Å². The maximum Gasteiger partial charge on any atom is 0.252 e. The van der Waals surface area contributed by atoms with Crippen molar-refractivity contribution in [2.75, 3.05) is 12.0 Å². The lowest BCUT2D eigenvalue weighted by molar-refractivity contribution is 0.340. The number of nitrogens with one attached hydrogen (secondary N) is 2. The van der Waals surface area contributed by atoms with E-state index in [4.69, 9.17) is 4.74 Å². The zero-order valence-corrected chi connectivity index (χ0v) is 15.9. The van der Waals surface area contributed by atoms with Gasteiger partial charge >= 0.3 is 0 Å². The van der Waals surface area contributed by atoms with Gasteiger partial charge in [0.1, 0.15) is 5.75 Å². The van der Waals surface area contributed by atoms with Crippen LogP contribution >= 0.6 is 0 Å². The summed E-state index contributed by atoms with van der Waals surface area (Å²) in [4.78, 5) is 19.1. The monoisotopic (exact) mass is 384 g/mol. The van der Waals surface area contributed by atoms with E-state index < -0.39 is 0 Å². The van der Waals surface area contributed by atoms with E-state index in [1.165, 1.54) is 6.07 Å². The van der Waals surface area contributed by atoms with Crippen molar-refractivity contribution in [1.82, 2.24) is 9.97 Å². The number of hydrogen-bond donors (Lipinski definition) is 2. The largest absolute Gasteiger partial charge is 0.493 e. The molecule has 0 radical (unpaired) electrons. The van der Waals surface area contributed by atoms with Gasteiger partial charge in [-0.15, -0.1) is 0 Å². The average molecular weight is 384 g/mol. The molecule has 0 atom stereocenters. The Kier molecular flexibility index (Phi) is 5.33. The quantitative estimate of drug-likeness (QED) is 0.381. The third-order valence-corrected chi connectivity index (χ3v) is 4.41. The van der Waals surface area contributed by atoms with Crippen molar-refractivity contribution in [3.05, 3.63) is 88.7 Å². The van der Waals surface area contributed by atoms with E-state index >= 15 is 0 Å². The Bertz CT molecular complexity index is 1220. The number of rotatable bonds is 6. The number of benzene rings is 3. The molecule has 0 spiro atoms. The van der Waals surface area contributed by atoms with Crippen LogP contribution in [0.15, 0.2) is 82.7 Å². The van der Waals surface area contributed by atoms with Gasteiger partial charge in [0, 0.05) is 17.2 Å². The normalized spacial score (nSPS) is 11.1. The topological polar surface area (TPSA) is 79.4 Å². The highest BCUT2D eigenvalue weighted by Gasteiger charge is 2.07. The minimum Gasteiger partial charge on any atom is -0.493 e. The van der Waals surface area contributed by atoms with Crippen molar-refractivity contribution < 1.29 is 4.74 Å². The van der Waals surface area contributed by atoms with Gasteiger partial charge in [0.2, 0.25) is 5.95 Å². The standard InChI is InChI=1S/C23H20N4O2/c1-2-29-21-13-12-16-8-6-7-11-18(16)19(21)15-24-27-23-25-20(14-22(28)26-23)17-9-4-3-5-10-17/h3-15H,2H2,1H3,(H2,25,26,27,28)/b24-15-. The van der Waals surface area contributed by atoms with Crippen molar-refractivity contribution in [2.24, 2.45) is 5.10 Å². The number of anilines is 1. The summed E-state index contributed by atoms with van der Waals surface area (Å²) in [5.41, 5.74) is 4.87. The van der Waals surface area contributed by atoms with Crippen LogP contribution in [0.2, 0.25) is 0 Å². The van der Waals surface area contributed by atoms with Gasteiger partial charge in [0.15, 0.2) is 0 Å². The Labute approximate surface area is 167 Å². The first-order valence-electron chi connectivity index (χ1n) is 9.35. The number of aromatic nitrogens is 2. The van der Waals surface area contributed by atoms with E-state index in [9.17, 15) is 4.79 Å². The zero-order valence-electron chi connectivity index (χ0n) is 15.9. The van der Waals surface area contributed by atoms with Crippen molar-refractivity contribution in [3.8, 4) is 17.0 Å². The van der Waals surface area contributed by atoms with Crippen LogP contribution in [0.3, 0.4) is 0 Å². The van der Waals surface area contributed by atoms with E-state index in [1.807, 2.05) is 73.7 Å². The van der Waals surface area contributed by atoms with Gasteiger partial charge in [-0.2, -0.15) is 5.10 Å². The molecule has 0 saturated heterocycles. The Hall–Kier alpha value is -3.93. The fourth-order valence-electron chi connectivity index (χ4n) is 3.12. The number of hydrazone groups is 1. The second-order valence-corrected chi connectivity index (χ2v) is 6.35. The summed E-state index contributed by atoms with van der Waals surface area (Å²) in [5, 5.41) is 6.42. The van der Waals surface area contributed by atoms with Crippen molar-refractivity contribution in [3.63, 3.8) is 0 Å². The lowest BCUT2D eigenvalue weighted by atomic mass is 10.0. The van der Waals surface area contributed by atoms with E-state index in [0.717, 1.165) is 27.6 Å². The molecule has 0 fully saturated rings. The molecule has 0 bridgehead atoms. The summed E-state index contributed by atoms with van der Waals surface area (Å²) in [6.45, 7) is 2.50. The molecule has 0 amide bonds. The smallest absolute Gasteiger partial charge is 0.252 e. The second kappa shape index (κ2) is 8.39. The van der Waals surface area contributed by atoms with E-state index in [2.05, 4.69) is 20.5 Å². The van der Waals surface area contributed by atoms with Crippen LogP contribution in [0.1, 0.15) is 12.5 Å². The number of ether oxygens (including phenoxy) is 1. The maximum atomic E-state index is 12.0. The van der Waals surface area contributed by atoms with Gasteiger partial charge in [0.05, 0.1) is 18.5 Å². The third-order valence-electron chi connectivity index (χ3n) is 4.41. The zero-order chi connectivity index (χ0) is 20.1. The lowest BCUT2D eigenvalue weighted by Crippen LogP contribution is -2.10. The minimum atomic E-state index is -0.253. The van der Waals surface area contributed by atoms with E-state index in [0.29, 0.717) is 12.3 Å². The number of aromatic amines is 1. The molecule has 1 aromatic heterocycles. The molecule has 0 unspecified atom stereocenters. The molecule has 3 aromatic carbocycles. The lowest BCUT2D eigenvalue weighted by Gasteiger charge is -2.10. The fraction of sp³-hybridized carbons (Fsp3) is 0.0870. The highest BCUT2D eigenvalue weighted by molar-refractivity contribution is 6.02. The molecule has 4 rings (SSSR count). The predicted molar refractivity (Wildman–Crippen MR) is 117 cm³/mol. The minimum absolute atomic E-state index is 0.253. The summed E-state index contributed by atoms with van der Waals surface area (Å²) in [7, 11) is 0. The van der Waals surface area contributed by atoms with Crippen LogP contribution in [-0.2, 0) is 0 Å². The molecule has 0 aliphatic rings. The van der Waals surface area contributed by atoms with Crippen LogP contribution in [-0.4, -0.2) is 22.8 Å². The highest BCUT2D eigenvalue weighted by atomic mass is 16.5. The average Bonchev–Trinajstić information content (AvgIpc) is 2.75. The SMILES string of the molecule is CCOc1ccc2ccccc2c1/C=N\Nc1nc(-c2ccccc2)cc(=O)[nH]1. The number of nitrogens with zero attached hydrogens (tertiary/aromatic N) is 2. The van der Waals surface area contributed by atoms with Crippen LogP contribution in [0.4, 0.5) is 5.95 Å². The fourth-order valence-corrected chi connectivity index (χ4v) is 3.12. The highest BCUT2D eigenvalue weighted by Crippen LogP contribution is 2.26. The first kappa shape index (κ1) is 18.4. The first-order chi connectivity index (χ1) is 14.2. The van der Waals surface area contributed by atoms with E-state index in [1.54, 1.807) is 6.21 Å². The third kappa shape index (κ3) is 4.16. The predicted octanol–water partition coefficient (Wildman–Crippen LogP) is 4.43. The van der Waals surface area contributed by atoms with Crippen molar-refractivity contribution in [2.45, 2.75) is 6.92 Å². The van der Waals surface area contributed by atoms with E-state index in [-0.39, 0.29) is 11.5 Å². The molecule has 0 aliphatic carbocycles. The van der Waals surface area contributed by atoms with Crippen LogP contribution < -0.4 is 15.7 Å². The van der Waals surface area contributed by atoms with Crippen LogP contribution in [0.25, 0.3) is 22.0 Å². The number of fused-ring (bicyclic) bond motifs is 1. The maximum absolute atomic E-state index is 12.0. The van der Waals surface area contributed by atoms with Gasteiger partial charge in [-0.05, 0) is 23.8 Å². The summed E-state index contributed by atoms with van der Waals surface area (Å²) in [6, 6.07) is 23.0. The van der Waals surface area contributed by atoms with Gasteiger partial charge in [-0.3, -0.25) is 9.78 Å². The Morgan fingerprint density at radius 3 is 2.69 bits per heavy atom. The molecule has 29 heavy (non-hydrogen) atoms. The molecule has 144 valence electrons. The summed E-state index contributed by atoms with van der Waals surface area (Å²) in [5.74, 6) is 1.02. The Morgan fingerprint density at radius 2 is 1.86 bits per heavy atom. The summed E-state index contributed by atoms with van der Waals surface area (Å²) >= 11 is 0. The number of H-pyrrole nitrogens is 1. The summed E-state index contributed by atoms with van der Waals surface area (Å²) < 4.78 is 5.75. The van der Waals surface area contributed by atoms with Gasteiger partial charge in [-0.1, -0.05) is 60.7 Å². The number of hydrogen-bond acceptors (Lipinski definition) is 5. The molecular weight excluding hydrogens is 364 g/mol. The molecule has 0 saturated carbocycles. The summed E-state index contributed by atoms with van der Waals surface area (Å²) in [6.07, 6.45) is 1.68. The molecule has 6 heteroatoms. The second-order valence-electron chi connectivity index (χ2n) is 6.35. The Balaban J connectivity index is 1.65. The molecular formula is C23H20N4O2.